The second kappa shape index (κ2) is 6.49. The van der Waals surface area contributed by atoms with E-state index in [2.05, 4.69) is 20.6 Å². The monoisotopic (exact) mass is 324 g/mol. The van der Waals surface area contributed by atoms with Gasteiger partial charge in [-0.05, 0) is 35.9 Å². The number of aromatic nitrogens is 2. The van der Waals surface area contributed by atoms with E-state index in [-0.39, 0.29) is 6.79 Å². The summed E-state index contributed by atoms with van der Waals surface area (Å²) in [6.07, 6.45) is 3.35. The van der Waals surface area contributed by atoms with Gasteiger partial charge in [-0.2, -0.15) is 4.98 Å². The van der Waals surface area contributed by atoms with Crippen molar-refractivity contribution in [2.75, 3.05) is 17.4 Å². The first kappa shape index (κ1) is 14.4. The Labute approximate surface area is 138 Å². The molecule has 0 aliphatic carbocycles. The first-order valence-electron chi connectivity index (χ1n) is 7.58. The van der Waals surface area contributed by atoms with E-state index in [1.165, 1.54) is 0 Å². The van der Waals surface area contributed by atoms with Crippen molar-refractivity contribution < 1.29 is 13.9 Å². The molecule has 24 heavy (non-hydrogen) atoms. The molecule has 3 heterocycles. The molecular formula is C17H16N4O3. The van der Waals surface area contributed by atoms with Crippen molar-refractivity contribution in [2.24, 2.45) is 0 Å². The van der Waals surface area contributed by atoms with E-state index in [4.69, 9.17) is 13.9 Å². The summed E-state index contributed by atoms with van der Waals surface area (Å²) in [5, 5.41) is 6.40. The van der Waals surface area contributed by atoms with Crippen molar-refractivity contribution in [3.8, 4) is 11.5 Å². The first-order valence-corrected chi connectivity index (χ1v) is 7.58. The zero-order valence-corrected chi connectivity index (χ0v) is 12.9. The van der Waals surface area contributed by atoms with Gasteiger partial charge in [0.25, 0.3) is 0 Å². The second-order valence-electron chi connectivity index (χ2n) is 5.24. The highest BCUT2D eigenvalue weighted by molar-refractivity contribution is 5.46. The van der Waals surface area contributed by atoms with Crippen molar-refractivity contribution in [3.05, 3.63) is 60.2 Å². The largest absolute Gasteiger partial charge is 0.467 e. The molecule has 0 saturated carbocycles. The smallest absolute Gasteiger partial charge is 0.231 e. The Morgan fingerprint density at radius 1 is 1.00 bits per heavy atom. The van der Waals surface area contributed by atoms with Gasteiger partial charge in [0.2, 0.25) is 12.7 Å². The molecule has 0 amide bonds. The normalized spacial score (nSPS) is 12.2. The Morgan fingerprint density at radius 2 is 1.96 bits per heavy atom. The molecule has 0 spiro atoms. The highest BCUT2D eigenvalue weighted by Gasteiger charge is 2.13. The quantitative estimate of drug-likeness (QED) is 0.721. The van der Waals surface area contributed by atoms with Crippen LogP contribution in [-0.2, 0) is 13.1 Å². The minimum absolute atomic E-state index is 0.281. The fourth-order valence-electron chi connectivity index (χ4n) is 2.37. The molecule has 2 aromatic heterocycles. The van der Waals surface area contributed by atoms with Gasteiger partial charge in [0, 0.05) is 12.7 Å². The molecule has 3 aromatic rings. The molecule has 1 aliphatic rings. The van der Waals surface area contributed by atoms with Crippen molar-refractivity contribution in [1.82, 2.24) is 9.97 Å². The first-order chi connectivity index (χ1) is 11.9. The second-order valence-corrected chi connectivity index (χ2v) is 5.24. The van der Waals surface area contributed by atoms with Crippen LogP contribution in [0.5, 0.6) is 11.5 Å². The summed E-state index contributed by atoms with van der Waals surface area (Å²) in [5.41, 5.74) is 1.09. The summed E-state index contributed by atoms with van der Waals surface area (Å²) >= 11 is 0. The highest BCUT2D eigenvalue weighted by Crippen LogP contribution is 2.32. The summed E-state index contributed by atoms with van der Waals surface area (Å²) in [4.78, 5) is 8.63. The van der Waals surface area contributed by atoms with E-state index >= 15 is 0 Å². The van der Waals surface area contributed by atoms with Crippen LogP contribution in [0.3, 0.4) is 0 Å². The Kier molecular flexibility index (Phi) is 3.89. The lowest BCUT2D eigenvalue weighted by Gasteiger charge is -2.08. The molecular weight excluding hydrogens is 308 g/mol. The minimum atomic E-state index is 0.281. The maximum absolute atomic E-state index is 5.38. The molecule has 0 radical (unpaired) electrons. The van der Waals surface area contributed by atoms with Gasteiger partial charge in [-0.25, -0.2) is 4.98 Å². The lowest BCUT2D eigenvalue weighted by Crippen LogP contribution is -2.06. The van der Waals surface area contributed by atoms with E-state index < -0.39 is 0 Å². The molecule has 0 fully saturated rings. The average molecular weight is 324 g/mol. The number of fused-ring (bicyclic) bond motifs is 1. The van der Waals surface area contributed by atoms with Crippen molar-refractivity contribution in [2.45, 2.75) is 13.1 Å². The van der Waals surface area contributed by atoms with E-state index in [1.807, 2.05) is 36.4 Å². The van der Waals surface area contributed by atoms with E-state index in [9.17, 15) is 0 Å². The maximum atomic E-state index is 5.38. The number of hydrogen-bond donors (Lipinski definition) is 2. The van der Waals surface area contributed by atoms with Gasteiger partial charge >= 0.3 is 0 Å². The van der Waals surface area contributed by atoms with Crippen LogP contribution in [0, 0.1) is 0 Å². The average Bonchev–Trinajstić information content (AvgIpc) is 3.29. The van der Waals surface area contributed by atoms with Crippen LogP contribution < -0.4 is 20.1 Å². The van der Waals surface area contributed by atoms with Crippen LogP contribution in [0.15, 0.2) is 53.3 Å². The van der Waals surface area contributed by atoms with Crippen molar-refractivity contribution in [1.29, 1.82) is 0 Å². The molecule has 0 unspecified atom stereocenters. The number of ether oxygens (including phenoxy) is 2. The molecule has 0 bridgehead atoms. The SMILES string of the molecule is c1coc(CNc2nccc(NCc3ccc4c(c3)OCO4)n2)c1. The lowest BCUT2D eigenvalue weighted by molar-refractivity contribution is 0.174. The number of nitrogens with one attached hydrogen (secondary N) is 2. The topological polar surface area (TPSA) is 81.4 Å². The molecule has 1 aliphatic heterocycles. The molecule has 7 nitrogen and oxygen atoms in total. The summed E-state index contributed by atoms with van der Waals surface area (Å²) in [6, 6.07) is 11.4. The molecule has 7 heteroatoms. The molecule has 0 atom stereocenters. The number of anilines is 2. The third kappa shape index (κ3) is 3.24. The summed E-state index contributed by atoms with van der Waals surface area (Å²) in [7, 11) is 0. The molecule has 0 saturated heterocycles. The minimum Gasteiger partial charge on any atom is -0.467 e. The Balaban J connectivity index is 1.37. The molecule has 2 N–H and O–H groups in total. The van der Waals surface area contributed by atoms with Crippen LogP contribution >= 0.6 is 0 Å². The van der Waals surface area contributed by atoms with Gasteiger partial charge in [-0.15, -0.1) is 0 Å². The standard InChI is InChI=1S/C17H16N4O3/c1-2-13(22-7-1)10-20-17-18-6-5-16(21-17)19-9-12-3-4-14-15(8-12)24-11-23-14/h1-8H,9-11H2,(H2,18,19,20,21). The predicted molar refractivity (Wildman–Crippen MR) is 88.0 cm³/mol. The van der Waals surface area contributed by atoms with Gasteiger partial charge in [0.05, 0.1) is 12.8 Å². The van der Waals surface area contributed by atoms with E-state index in [0.29, 0.717) is 19.0 Å². The number of furan rings is 1. The predicted octanol–water partition coefficient (Wildman–Crippen LogP) is 3.02. The third-order valence-corrected chi connectivity index (χ3v) is 3.57. The molecule has 122 valence electrons. The van der Waals surface area contributed by atoms with Gasteiger partial charge in [-0.1, -0.05) is 6.07 Å². The van der Waals surface area contributed by atoms with Crippen LogP contribution in [0.25, 0.3) is 0 Å². The fraction of sp³-hybridized carbons (Fsp3) is 0.176. The molecule has 1 aromatic carbocycles. The number of benzene rings is 1. The van der Waals surface area contributed by atoms with Crippen molar-refractivity contribution >= 4 is 11.8 Å². The zero-order valence-electron chi connectivity index (χ0n) is 12.9. The van der Waals surface area contributed by atoms with Crippen LogP contribution in [-0.4, -0.2) is 16.8 Å². The Hall–Kier alpha value is -3.22. The summed E-state index contributed by atoms with van der Waals surface area (Å²) in [5.74, 6) is 3.67. The van der Waals surface area contributed by atoms with E-state index in [0.717, 1.165) is 28.6 Å². The highest BCUT2D eigenvalue weighted by atomic mass is 16.7. The zero-order chi connectivity index (χ0) is 16.2. The third-order valence-electron chi connectivity index (χ3n) is 3.57. The van der Waals surface area contributed by atoms with E-state index in [1.54, 1.807) is 12.5 Å². The summed E-state index contributed by atoms with van der Waals surface area (Å²) in [6.45, 7) is 1.45. The number of rotatable bonds is 6. The summed E-state index contributed by atoms with van der Waals surface area (Å²) < 4.78 is 16.0. The van der Waals surface area contributed by atoms with Gasteiger partial charge in [-0.3, -0.25) is 0 Å². The van der Waals surface area contributed by atoms with Crippen LogP contribution in [0.4, 0.5) is 11.8 Å². The Morgan fingerprint density at radius 3 is 2.88 bits per heavy atom. The van der Waals surface area contributed by atoms with Crippen molar-refractivity contribution in [3.63, 3.8) is 0 Å². The van der Waals surface area contributed by atoms with Gasteiger partial charge in [0.15, 0.2) is 11.5 Å². The van der Waals surface area contributed by atoms with Gasteiger partial charge < -0.3 is 24.5 Å². The Bertz CT molecular complexity index is 820. The van der Waals surface area contributed by atoms with Gasteiger partial charge in [0.1, 0.15) is 11.6 Å². The number of nitrogens with zero attached hydrogens (tertiary/aromatic N) is 2. The number of hydrogen-bond acceptors (Lipinski definition) is 7. The fourth-order valence-corrected chi connectivity index (χ4v) is 2.37. The van der Waals surface area contributed by atoms with Crippen LogP contribution in [0.2, 0.25) is 0 Å². The molecule has 4 rings (SSSR count). The van der Waals surface area contributed by atoms with Crippen LogP contribution in [0.1, 0.15) is 11.3 Å². The maximum Gasteiger partial charge on any atom is 0.231 e. The lowest BCUT2D eigenvalue weighted by atomic mass is 10.2.